The minimum Gasteiger partial charge on any atom is -0.445 e. The number of carbonyl (C=O) groups excluding carboxylic acids is 2. The van der Waals surface area contributed by atoms with E-state index in [2.05, 4.69) is 27.5 Å². The van der Waals surface area contributed by atoms with Gasteiger partial charge in [0, 0.05) is 20.1 Å². The monoisotopic (exact) mass is 517 g/mol. The molecule has 2 aromatic heterocycles. The van der Waals surface area contributed by atoms with Crippen LogP contribution < -0.4 is 5.56 Å². The van der Waals surface area contributed by atoms with Crippen LogP contribution in [0.1, 0.15) is 19.3 Å². The Labute approximate surface area is 190 Å². The molecule has 8 nitrogen and oxygen atoms in total. The molecule has 11 heteroatoms. The third kappa shape index (κ3) is 4.77. The van der Waals surface area contributed by atoms with Crippen molar-refractivity contribution in [1.29, 1.82) is 0 Å². The van der Waals surface area contributed by atoms with E-state index in [0.717, 1.165) is 24.2 Å². The van der Waals surface area contributed by atoms with Gasteiger partial charge in [-0.05, 0) is 28.8 Å². The normalized spacial score (nSPS) is 19.1. The van der Waals surface area contributed by atoms with E-state index in [9.17, 15) is 14.4 Å². The van der Waals surface area contributed by atoms with Crippen LogP contribution in [-0.2, 0) is 20.8 Å². The summed E-state index contributed by atoms with van der Waals surface area (Å²) in [6.07, 6.45) is 3.55. The minimum atomic E-state index is -0.507. The fourth-order valence-electron chi connectivity index (χ4n) is 3.52. The van der Waals surface area contributed by atoms with Crippen molar-refractivity contribution in [3.8, 4) is 0 Å². The Morgan fingerprint density at radius 1 is 1.50 bits per heavy atom. The number of hydrogen-bond acceptors (Lipinski definition) is 7. The number of nitrogens with zero attached hydrogens (tertiary/aromatic N) is 3. The molecule has 30 heavy (non-hydrogen) atoms. The Bertz CT molecular complexity index is 1020. The highest BCUT2D eigenvalue weighted by atomic mass is 79.9. The number of ketones is 1. The predicted molar refractivity (Wildman–Crippen MR) is 118 cm³/mol. The van der Waals surface area contributed by atoms with Crippen LogP contribution in [0.15, 0.2) is 28.2 Å². The molecule has 0 saturated carbocycles. The summed E-state index contributed by atoms with van der Waals surface area (Å²) >= 11 is 10.5. The van der Waals surface area contributed by atoms with Crippen molar-refractivity contribution in [3.63, 3.8) is 0 Å². The first kappa shape index (κ1) is 22.9. The first-order valence-corrected chi connectivity index (χ1v) is 11.3. The number of hydrogen-bond donors (Lipinski definition) is 0. The van der Waals surface area contributed by atoms with Gasteiger partial charge in [-0.1, -0.05) is 24.3 Å². The highest BCUT2D eigenvalue weighted by Crippen LogP contribution is 2.36. The van der Waals surface area contributed by atoms with Gasteiger partial charge >= 0.3 is 6.09 Å². The number of fused-ring (bicyclic) bond motifs is 1. The first-order chi connectivity index (χ1) is 14.4. The number of Topliss-reactive ketones (excluding diaryl/α,β-unsaturated/α-hetero) is 1. The highest BCUT2D eigenvalue weighted by Gasteiger charge is 2.36. The maximum Gasteiger partial charge on any atom is 0.410 e. The van der Waals surface area contributed by atoms with Crippen molar-refractivity contribution >= 4 is 61.0 Å². The van der Waals surface area contributed by atoms with Gasteiger partial charge < -0.3 is 14.4 Å². The molecule has 0 bridgehead atoms. The fourth-order valence-corrected chi connectivity index (χ4v) is 5.34. The van der Waals surface area contributed by atoms with Crippen molar-refractivity contribution in [2.45, 2.75) is 38.0 Å². The smallest absolute Gasteiger partial charge is 0.410 e. The van der Waals surface area contributed by atoms with E-state index in [1.807, 2.05) is 0 Å². The fraction of sp³-hybridized carbons (Fsp3) is 0.474. The molecule has 3 rings (SSSR count). The second-order valence-electron chi connectivity index (χ2n) is 6.83. The van der Waals surface area contributed by atoms with Gasteiger partial charge in [-0.3, -0.25) is 14.2 Å². The van der Waals surface area contributed by atoms with Gasteiger partial charge in [0.05, 0.1) is 29.5 Å². The summed E-state index contributed by atoms with van der Waals surface area (Å²) in [5.41, 5.74) is 0.140. The van der Waals surface area contributed by atoms with Crippen LogP contribution in [0, 0.1) is 0 Å². The Balaban J connectivity index is 1.78. The molecule has 0 aromatic carbocycles. The second-order valence-corrected chi connectivity index (χ2v) is 9.25. The Hall–Kier alpha value is -1.75. The molecule has 1 fully saturated rings. The summed E-state index contributed by atoms with van der Waals surface area (Å²) in [6, 6.07) is -0.466. The Morgan fingerprint density at radius 2 is 2.27 bits per heavy atom. The van der Waals surface area contributed by atoms with Gasteiger partial charge in [-0.25, -0.2) is 9.78 Å². The standard InChI is InChI=1S/C19H21BrClN3O5S/c1-3-7-29-19(27)24-6-4-5-13(28-2)12(24)8-11(25)9-23-10-22-15-14(20)17(21)30-16(15)18(23)26/h3,10,12-13H,1,4-9H2,2H3. The zero-order valence-corrected chi connectivity index (χ0v) is 19.5. The van der Waals surface area contributed by atoms with Gasteiger partial charge in [0.15, 0.2) is 5.78 Å². The van der Waals surface area contributed by atoms with Crippen molar-refractivity contribution < 1.29 is 19.1 Å². The topological polar surface area (TPSA) is 90.7 Å². The van der Waals surface area contributed by atoms with Gasteiger partial charge in [-0.15, -0.1) is 11.3 Å². The summed E-state index contributed by atoms with van der Waals surface area (Å²) in [5, 5.41) is 0. The molecule has 1 aliphatic rings. The second kappa shape index (κ2) is 10.0. The molecule has 1 saturated heterocycles. The SMILES string of the molecule is C=CCOC(=O)N1CCCC(OC)C1CC(=O)Cn1cnc2c(Br)c(Cl)sc2c1=O. The lowest BCUT2D eigenvalue weighted by molar-refractivity contribution is -0.122. The number of thiophene rings is 1. The summed E-state index contributed by atoms with van der Waals surface area (Å²) in [4.78, 5) is 43.7. The van der Waals surface area contributed by atoms with E-state index < -0.39 is 12.1 Å². The molecular weight excluding hydrogens is 498 g/mol. The van der Waals surface area contributed by atoms with Crippen molar-refractivity contribution in [1.82, 2.24) is 14.5 Å². The predicted octanol–water partition coefficient (Wildman–Crippen LogP) is 3.64. The number of halogens is 2. The quantitative estimate of drug-likeness (QED) is 0.520. The third-order valence-corrected chi connectivity index (χ3v) is 7.57. The molecule has 1 amide bonds. The lowest BCUT2D eigenvalue weighted by Crippen LogP contribution is -2.53. The molecular formula is C19H21BrClN3O5S. The zero-order chi connectivity index (χ0) is 21.8. The van der Waals surface area contributed by atoms with Gasteiger partial charge in [0.2, 0.25) is 0 Å². The molecule has 1 aliphatic heterocycles. The summed E-state index contributed by atoms with van der Waals surface area (Å²) in [7, 11) is 1.56. The molecule has 0 spiro atoms. The van der Waals surface area contributed by atoms with Crippen LogP contribution in [0.2, 0.25) is 4.34 Å². The molecule has 3 heterocycles. The maximum atomic E-state index is 12.8. The molecule has 2 unspecified atom stereocenters. The van der Waals surface area contributed by atoms with Crippen LogP contribution in [0.4, 0.5) is 4.79 Å². The third-order valence-electron chi connectivity index (χ3n) is 4.93. The van der Waals surface area contributed by atoms with Crippen LogP contribution in [0.5, 0.6) is 0 Å². The number of rotatable bonds is 7. The Kier molecular flexibility index (Phi) is 7.67. The van der Waals surface area contributed by atoms with Crippen LogP contribution in [0.3, 0.4) is 0 Å². The molecule has 0 N–H and O–H groups in total. The number of carbonyl (C=O) groups is 2. The average molecular weight is 519 g/mol. The van der Waals surface area contributed by atoms with Gasteiger partial charge in [-0.2, -0.15) is 0 Å². The van der Waals surface area contributed by atoms with E-state index >= 15 is 0 Å². The number of likely N-dealkylation sites (tertiary alicyclic amines) is 1. The minimum absolute atomic E-state index is 0.0427. The highest BCUT2D eigenvalue weighted by molar-refractivity contribution is 9.10. The van der Waals surface area contributed by atoms with Crippen molar-refractivity contribution in [2.75, 3.05) is 20.3 Å². The van der Waals surface area contributed by atoms with Gasteiger partial charge in [0.1, 0.15) is 21.2 Å². The molecule has 162 valence electrons. The average Bonchev–Trinajstić information content (AvgIpc) is 3.03. The van der Waals surface area contributed by atoms with Gasteiger partial charge in [0.25, 0.3) is 5.56 Å². The van der Waals surface area contributed by atoms with E-state index in [0.29, 0.717) is 25.6 Å². The number of piperidine rings is 1. The first-order valence-electron chi connectivity index (χ1n) is 9.29. The maximum absolute atomic E-state index is 12.8. The Morgan fingerprint density at radius 3 is 2.97 bits per heavy atom. The molecule has 2 atom stereocenters. The lowest BCUT2D eigenvalue weighted by Gasteiger charge is -2.39. The van der Waals surface area contributed by atoms with Crippen molar-refractivity contribution in [3.05, 3.63) is 38.1 Å². The number of aromatic nitrogens is 2. The lowest BCUT2D eigenvalue weighted by atomic mass is 9.94. The van der Waals surface area contributed by atoms with Crippen LogP contribution in [0.25, 0.3) is 10.2 Å². The zero-order valence-electron chi connectivity index (χ0n) is 16.3. The largest absolute Gasteiger partial charge is 0.445 e. The summed E-state index contributed by atoms with van der Waals surface area (Å²) in [6.45, 7) is 3.95. The number of amides is 1. The molecule has 2 aromatic rings. The molecule has 0 aliphatic carbocycles. The molecule has 0 radical (unpaired) electrons. The van der Waals surface area contributed by atoms with E-state index in [1.165, 1.54) is 21.9 Å². The summed E-state index contributed by atoms with van der Waals surface area (Å²) in [5.74, 6) is -0.213. The van der Waals surface area contributed by atoms with E-state index in [-0.39, 0.29) is 37.0 Å². The van der Waals surface area contributed by atoms with Crippen LogP contribution in [-0.4, -0.2) is 58.7 Å². The number of methoxy groups -OCH3 is 1. The van der Waals surface area contributed by atoms with E-state index in [4.69, 9.17) is 21.1 Å². The summed E-state index contributed by atoms with van der Waals surface area (Å²) < 4.78 is 13.3. The van der Waals surface area contributed by atoms with E-state index in [1.54, 1.807) is 7.11 Å². The van der Waals surface area contributed by atoms with Crippen molar-refractivity contribution in [2.24, 2.45) is 0 Å². The van der Waals surface area contributed by atoms with Crippen LogP contribution >= 0.6 is 38.9 Å². The number of ether oxygens (including phenoxy) is 2.